The zero-order valence-corrected chi connectivity index (χ0v) is 18.6. The fraction of sp³-hybridized carbons (Fsp3) is 0.476. The van der Waals surface area contributed by atoms with Crippen molar-refractivity contribution in [2.45, 2.75) is 43.4 Å². The highest BCUT2D eigenvalue weighted by atomic mass is 32.2. The number of cyclic esters (lactones) is 1. The maximum atomic E-state index is 12.5. The van der Waals surface area contributed by atoms with Crippen molar-refractivity contribution in [1.82, 2.24) is 14.9 Å². The Balaban J connectivity index is 1.57. The molecule has 0 radical (unpaired) electrons. The van der Waals surface area contributed by atoms with E-state index in [1.54, 1.807) is 25.1 Å². The second-order valence-corrected chi connectivity index (χ2v) is 9.25. The van der Waals surface area contributed by atoms with Crippen molar-refractivity contribution in [1.29, 1.82) is 0 Å². The lowest BCUT2D eigenvalue weighted by molar-refractivity contribution is -0.164. The Morgan fingerprint density at radius 2 is 2.00 bits per heavy atom. The van der Waals surface area contributed by atoms with E-state index < -0.39 is 34.2 Å². The van der Waals surface area contributed by atoms with Crippen LogP contribution in [0.1, 0.15) is 26.2 Å². The maximum absolute atomic E-state index is 12.5. The first-order chi connectivity index (χ1) is 15.3. The molecule has 11 heteroatoms. The molecule has 0 spiro atoms. The average molecular weight is 466 g/mol. The van der Waals surface area contributed by atoms with Gasteiger partial charge in [0.1, 0.15) is 6.04 Å². The number of carbonyl (C=O) groups excluding carboxylic acids is 3. The van der Waals surface area contributed by atoms with Crippen LogP contribution < -0.4 is 10.0 Å². The van der Waals surface area contributed by atoms with Crippen LogP contribution in [0, 0.1) is 0 Å². The van der Waals surface area contributed by atoms with Crippen LogP contribution in [0.4, 0.5) is 0 Å². The highest BCUT2D eigenvalue weighted by Gasteiger charge is 2.37. The first-order valence-electron chi connectivity index (χ1n) is 10.4. The van der Waals surface area contributed by atoms with Crippen molar-refractivity contribution < 1.29 is 32.3 Å². The quantitative estimate of drug-likeness (QED) is 0.396. The summed E-state index contributed by atoms with van der Waals surface area (Å²) in [5, 5.41) is 2.69. The summed E-state index contributed by atoms with van der Waals surface area (Å²) in [6.07, 6.45) is 1.64. The summed E-state index contributed by atoms with van der Waals surface area (Å²) in [7, 11) is -3.69. The summed E-state index contributed by atoms with van der Waals surface area (Å²) in [6.45, 7) is 2.01. The molecular formula is C21H27N3O7S. The smallest absolute Gasteiger partial charge is 0.310 e. The van der Waals surface area contributed by atoms with Gasteiger partial charge in [0.25, 0.3) is 0 Å². The fourth-order valence-corrected chi connectivity index (χ4v) is 4.55. The molecule has 10 nitrogen and oxygen atoms in total. The first kappa shape index (κ1) is 23.9. The van der Waals surface area contributed by atoms with Crippen molar-refractivity contribution in [2.24, 2.45) is 0 Å². The molecule has 0 aliphatic carbocycles. The number of carbonyl (C=O) groups is 3. The van der Waals surface area contributed by atoms with Gasteiger partial charge >= 0.3 is 5.97 Å². The molecule has 2 atom stereocenters. The van der Waals surface area contributed by atoms with E-state index in [4.69, 9.17) is 9.47 Å². The topological polar surface area (TPSA) is 131 Å². The maximum Gasteiger partial charge on any atom is 0.310 e. The largest absolute Gasteiger partial charge is 0.433 e. The molecule has 2 aliphatic rings. The molecule has 2 aliphatic heterocycles. The summed E-state index contributed by atoms with van der Waals surface area (Å²) < 4.78 is 37.8. The molecule has 174 valence electrons. The third kappa shape index (κ3) is 6.38. The van der Waals surface area contributed by atoms with E-state index in [1.807, 2.05) is 6.08 Å². The molecule has 1 fully saturated rings. The van der Waals surface area contributed by atoms with Crippen molar-refractivity contribution in [3.63, 3.8) is 0 Å². The Kier molecular flexibility index (Phi) is 7.99. The summed E-state index contributed by atoms with van der Waals surface area (Å²) in [6, 6.07) is 7.37. The summed E-state index contributed by atoms with van der Waals surface area (Å²) in [4.78, 5) is 38.0. The molecule has 1 aromatic rings. The minimum Gasteiger partial charge on any atom is -0.433 e. The third-order valence-corrected chi connectivity index (χ3v) is 6.47. The molecule has 0 aromatic heterocycles. The number of hydrogen-bond donors (Lipinski definition) is 2. The predicted octanol–water partition coefficient (Wildman–Crippen LogP) is 0.308. The molecule has 1 saturated heterocycles. The van der Waals surface area contributed by atoms with Gasteiger partial charge in [-0.15, -0.1) is 0 Å². The molecule has 32 heavy (non-hydrogen) atoms. The fourth-order valence-electron chi connectivity index (χ4n) is 3.49. The van der Waals surface area contributed by atoms with Crippen molar-refractivity contribution >= 4 is 27.8 Å². The van der Waals surface area contributed by atoms with Crippen LogP contribution >= 0.6 is 0 Å². The normalized spacial score (nSPS) is 21.7. The van der Waals surface area contributed by atoms with E-state index in [0.29, 0.717) is 18.6 Å². The molecule has 3 rings (SSSR count). The third-order valence-electron chi connectivity index (χ3n) is 5.06. The van der Waals surface area contributed by atoms with E-state index in [1.165, 1.54) is 17.0 Å². The summed E-state index contributed by atoms with van der Waals surface area (Å²) in [5.41, 5.74) is 0.690. The van der Waals surface area contributed by atoms with Crippen LogP contribution in [0.15, 0.2) is 46.9 Å². The zero-order valence-electron chi connectivity index (χ0n) is 17.8. The number of nitrogens with zero attached hydrogens (tertiary/aromatic N) is 1. The number of esters is 1. The van der Waals surface area contributed by atoms with Gasteiger partial charge in [-0.1, -0.05) is 24.3 Å². The van der Waals surface area contributed by atoms with Crippen molar-refractivity contribution in [3.8, 4) is 0 Å². The minimum absolute atomic E-state index is 0.00320. The van der Waals surface area contributed by atoms with Crippen LogP contribution in [0.3, 0.4) is 0 Å². The van der Waals surface area contributed by atoms with Crippen molar-refractivity contribution in [3.05, 3.63) is 42.0 Å². The SMILES string of the molecule is CCOC1OC(=O)CC1NC(=O)CN1CC(CNS(=O)(=O)c2ccccc2)=CCCC1=O. The van der Waals surface area contributed by atoms with Gasteiger partial charge in [-0.3, -0.25) is 14.4 Å². The lowest BCUT2D eigenvalue weighted by atomic mass is 10.2. The highest BCUT2D eigenvalue weighted by molar-refractivity contribution is 7.89. The standard InChI is InChI=1S/C21H27N3O7S/c1-2-30-21-17(11-20(27)31-21)23-18(25)14-24-13-15(7-6-10-19(24)26)12-22-32(28,29)16-8-4-3-5-9-16/h3-5,7-9,17,21-22H,2,6,10-14H2,1H3,(H,23,25). The Morgan fingerprint density at radius 3 is 2.72 bits per heavy atom. The average Bonchev–Trinajstić information content (AvgIpc) is 2.99. The van der Waals surface area contributed by atoms with Crippen LogP contribution in [-0.4, -0.2) is 69.7 Å². The first-order valence-corrected chi connectivity index (χ1v) is 11.9. The summed E-state index contributed by atoms with van der Waals surface area (Å²) in [5.74, 6) is -1.12. The van der Waals surface area contributed by atoms with Gasteiger partial charge in [-0.25, -0.2) is 13.1 Å². The number of benzene rings is 1. The van der Waals surface area contributed by atoms with Gasteiger partial charge < -0.3 is 19.7 Å². The highest BCUT2D eigenvalue weighted by Crippen LogP contribution is 2.17. The second-order valence-electron chi connectivity index (χ2n) is 7.48. The minimum atomic E-state index is -3.69. The number of rotatable bonds is 9. The van der Waals surface area contributed by atoms with E-state index in [2.05, 4.69) is 10.0 Å². The number of sulfonamides is 1. The van der Waals surface area contributed by atoms with Gasteiger partial charge in [0.15, 0.2) is 0 Å². The molecule has 0 bridgehead atoms. The van der Waals surface area contributed by atoms with E-state index in [0.717, 1.165) is 0 Å². The van der Waals surface area contributed by atoms with Crippen LogP contribution in [-0.2, 0) is 33.9 Å². The molecule has 2 amide bonds. The Hall–Kier alpha value is -2.76. The van der Waals surface area contributed by atoms with Gasteiger partial charge in [0, 0.05) is 26.1 Å². The van der Waals surface area contributed by atoms with Crippen LogP contribution in [0.2, 0.25) is 0 Å². The van der Waals surface area contributed by atoms with E-state index >= 15 is 0 Å². The predicted molar refractivity (Wildman–Crippen MR) is 114 cm³/mol. The Bertz CT molecular complexity index is 978. The lowest BCUT2D eigenvalue weighted by Gasteiger charge is -2.24. The molecule has 1 aromatic carbocycles. The van der Waals surface area contributed by atoms with Crippen LogP contribution in [0.5, 0.6) is 0 Å². The summed E-state index contributed by atoms with van der Waals surface area (Å²) >= 11 is 0. The van der Waals surface area contributed by atoms with Gasteiger partial charge in [0.05, 0.1) is 17.9 Å². The number of hydrogen-bond acceptors (Lipinski definition) is 7. The number of amides is 2. The molecule has 2 heterocycles. The van der Waals surface area contributed by atoms with Crippen LogP contribution in [0.25, 0.3) is 0 Å². The number of allylic oxidation sites excluding steroid dienone is 1. The second kappa shape index (κ2) is 10.7. The van der Waals surface area contributed by atoms with Gasteiger partial charge in [0.2, 0.25) is 28.1 Å². The molecule has 0 saturated carbocycles. The van der Waals surface area contributed by atoms with Crippen molar-refractivity contribution in [2.75, 3.05) is 26.2 Å². The number of ether oxygens (including phenoxy) is 2. The molecular weight excluding hydrogens is 438 g/mol. The number of nitrogens with one attached hydrogen (secondary N) is 2. The Morgan fingerprint density at radius 1 is 1.25 bits per heavy atom. The van der Waals surface area contributed by atoms with Gasteiger partial charge in [-0.05, 0) is 31.1 Å². The van der Waals surface area contributed by atoms with E-state index in [9.17, 15) is 22.8 Å². The monoisotopic (exact) mass is 465 g/mol. The Labute approximate surface area is 187 Å². The van der Waals surface area contributed by atoms with E-state index in [-0.39, 0.29) is 43.3 Å². The van der Waals surface area contributed by atoms with Gasteiger partial charge in [-0.2, -0.15) is 0 Å². The zero-order chi connectivity index (χ0) is 23.1. The molecule has 2 unspecified atom stereocenters. The lowest BCUT2D eigenvalue weighted by Crippen LogP contribution is -2.47. The molecule has 2 N–H and O–H groups in total.